The predicted molar refractivity (Wildman–Crippen MR) is 267 cm³/mol. The van der Waals surface area contributed by atoms with Crippen molar-refractivity contribution in [1.29, 1.82) is 0 Å². The molecular formula is C58H38N8O. The summed E-state index contributed by atoms with van der Waals surface area (Å²) in [6, 6.07) is 73.8. The third-order valence-electron chi connectivity index (χ3n) is 13.1. The molecule has 0 aliphatic carbocycles. The Kier molecular flexibility index (Phi) is 7.99. The molecule has 5 aromatic heterocycles. The summed E-state index contributed by atoms with van der Waals surface area (Å²) in [6.45, 7) is 2.11. The van der Waals surface area contributed by atoms with Crippen LogP contribution < -0.4 is 9.30 Å². The fourth-order valence-electron chi connectivity index (χ4n) is 10.1. The van der Waals surface area contributed by atoms with Crippen LogP contribution in [-0.4, -0.2) is 32.6 Å². The third kappa shape index (κ3) is 5.58. The molecule has 67 heavy (non-hydrogen) atoms. The Morgan fingerprint density at radius 2 is 1.12 bits per heavy atom. The van der Waals surface area contributed by atoms with Crippen LogP contribution in [0.25, 0.3) is 100 Å². The van der Waals surface area contributed by atoms with Gasteiger partial charge in [-0.05, 0) is 97.4 Å². The van der Waals surface area contributed by atoms with Crippen LogP contribution in [0, 0.1) is 13.3 Å². The Bertz CT molecular complexity index is 4230. The van der Waals surface area contributed by atoms with Crippen molar-refractivity contribution in [3.05, 3.63) is 224 Å². The van der Waals surface area contributed by atoms with E-state index >= 15 is 0 Å². The van der Waals surface area contributed by atoms with Crippen LogP contribution in [0.1, 0.15) is 5.56 Å². The normalized spacial score (nSPS) is 12.0. The summed E-state index contributed by atoms with van der Waals surface area (Å²) in [5, 5.41) is 2.44. The van der Waals surface area contributed by atoms with Gasteiger partial charge in [-0.25, -0.2) is 14.5 Å². The minimum Gasteiger partial charge on any atom is -0.458 e. The predicted octanol–water partition coefficient (Wildman–Crippen LogP) is 13.0. The minimum absolute atomic E-state index is 0.686. The topological polar surface area (TPSA) is 63.0 Å². The average molecular weight is 863 g/mol. The van der Waals surface area contributed by atoms with Crippen LogP contribution >= 0.6 is 0 Å². The highest BCUT2D eigenvalue weighted by molar-refractivity contribution is 6.09. The second kappa shape index (κ2) is 14.4. The smallest absolute Gasteiger partial charge is 0.269 e. The Hall–Kier alpha value is -9.21. The van der Waals surface area contributed by atoms with Gasteiger partial charge in [-0.1, -0.05) is 121 Å². The van der Waals surface area contributed by atoms with Gasteiger partial charge in [0.05, 0.1) is 72.2 Å². The van der Waals surface area contributed by atoms with Crippen molar-refractivity contribution in [2.24, 2.45) is 0 Å². The number of nitrogens with zero attached hydrogens (tertiary/aromatic N) is 8. The molecule has 0 saturated heterocycles. The van der Waals surface area contributed by atoms with Crippen LogP contribution in [0.2, 0.25) is 0 Å². The zero-order valence-corrected chi connectivity index (χ0v) is 36.2. The maximum absolute atomic E-state index is 6.84. The molecule has 0 saturated carbocycles. The fourth-order valence-corrected chi connectivity index (χ4v) is 10.1. The number of fused-ring (bicyclic) bond motifs is 10. The van der Waals surface area contributed by atoms with E-state index in [1.165, 1.54) is 10.8 Å². The molecule has 5 heterocycles. The molecule has 0 aliphatic rings. The molecule has 0 bridgehead atoms. The third-order valence-corrected chi connectivity index (χ3v) is 13.1. The van der Waals surface area contributed by atoms with Gasteiger partial charge in [0, 0.05) is 22.5 Å². The van der Waals surface area contributed by atoms with E-state index in [0.717, 1.165) is 95.2 Å². The number of hydrogen-bond donors (Lipinski definition) is 0. The number of rotatable bonds is 7. The minimum atomic E-state index is 0.686. The lowest BCUT2D eigenvalue weighted by Gasteiger charge is -2.14. The molecule has 0 spiro atoms. The molecule has 0 N–H and O–H groups in total. The van der Waals surface area contributed by atoms with Crippen molar-refractivity contribution in [1.82, 2.24) is 32.6 Å². The number of aromatic nitrogens is 8. The summed E-state index contributed by atoms with van der Waals surface area (Å²) in [4.78, 5) is 10.6. The van der Waals surface area contributed by atoms with Gasteiger partial charge in [0.2, 0.25) is 11.7 Å². The van der Waals surface area contributed by atoms with E-state index in [1.807, 2.05) is 30.3 Å². The molecule has 0 atom stereocenters. The largest absolute Gasteiger partial charge is 0.458 e. The van der Waals surface area contributed by atoms with E-state index in [4.69, 9.17) is 14.7 Å². The van der Waals surface area contributed by atoms with Crippen LogP contribution in [0.15, 0.2) is 212 Å². The first-order valence-electron chi connectivity index (χ1n) is 22.4. The maximum Gasteiger partial charge on any atom is 0.269 e. The Morgan fingerprint density at radius 1 is 0.463 bits per heavy atom. The molecule has 0 unspecified atom stereocenters. The maximum atomic E-state index is 6.84. The van der Waals surface area contributed by atoms with Crippen molar-refractivity contribution in [2.75, 3.05) is 0 Å². The Labute approximate surface area is 383 Å². The number of ether oxygens (including phenoxy) is 1. The van der Waals surface area contributed by atoms with Crippen molar-refractivity contribution in [3.63, 3.8) is 0 Å². The number of hydrogen-bond acceptors (Lipinski definition) is 3. The van der Waals surface area contributed by atoms with Gasteiger partial charge < -0.3 is 9.30 Å². The van der Waals surface area contributed by atoms with Gasteiger partial charge in [-0.2, -0.15) is 0 Å². The quantitative estimate of drug-likeness (QED) is 0.118. The van der Waals surface area contributed by atoms with Crippen LogP contribution in [0.4, 0.5) is 0 Å². The summed E-state index contributed by atoms with van der Waals surface area (Å²) < 4.78 is 20.1. The Morgan fingerprint density at radius 3 is 1.96 bits per heavy atom. The first-order chi connectivity index (χ1) is 33.2. The molecule has 9 heteroatoms. The summed E-state index contributed by atoms with van der Waals surface area (Å²) >= 11 is 0. The SMILES string of the molecule is Cc1cccc2c1nc1n(-c3nc4ccccc4n3-c3ccccc3)c3cc(Oc4cccc(-n5[c-][n+](-c6ccccc6-n6c7ccccc7c7ccccc76)c6ccccc65)c4)ccc3n21. The lowest BCUT2D eigenvalue weighted by atomic mass is 10.2. The van der Waals surface area contributed by atoms with E-state index in [2.05, 4.69) is 222 Å². The molecule has 0 aliphatic heterocycles. The van der Waals surface area contributed by atoms with Crippen molar-refractivity contribution >= 4 is 71.7 Å². The monoisotopic (exact) mass is 862 g/mol. The van der Waals surface area contributed by atoms with Crippen LogP contribution in [-0.2, 0) is 0 Å². The molecule has 316 valence electrons. The molecule has 14 rings (SSSR count). The highest BCUT2D eigenvalue weighted by Crippen LogP contribution is 2.37. The van der Waals surface area contributed by atoms with Gasteiger partial charge in [0.1, 0.15) is 11.5 Å². The van der Waals surface area contributed by atoms with Crippen molar-refractivity contribution in [3.8, 4) is 40.2 Å². The lowest BCUT2D eigenvalue weighted by molar-refractivity contribution is -0.572. The lowest BCUT2D eigenvalue weighted by Crippen LogP contribution is -2.31. The van der Waals surface area contributed by atoms with E-state index in [9.17, 15) is 0 Å². The van der Waals surface area contributed by atoms with E-state index < -0.39 is 0 Å². The molecular weight excluding hydrogens is 825 g/mol. The van der Waals surface area contributed by atoms with Crippen molar-refractivity contribution < 1.29 is 9.30 Å². The molecule has 9 aromatic carbocycles. The van der Waals surface area contributed by atoms with Crippen molar-refractivity contribution in [2.45, 2.75) is 6.92 Å². The first-order valence-corrected chi connectivity index (χ1v) is 22.4. The van der Waals surface area contributed by atoms with E-state index in [1.54, 1.807) is 0 Å². The van der Waals surface area contributed by atoms with E-state index in [-0.39, 0.29) is 0 Å². The second-order valence-corrected chi connectivity index (χ2v) is 17.0. The number of aryl methyl sites for hydroxylation is 1. The number of para-hydroxylation sites is 10. The van der Waals surface area contributed by atoms with Crippen LogP contribution in [0.5, 0.6) is 11.5 Å². The van der Waals surface area contributed by atoms with Gasteiger partial charge in [0.15, 0.2) is 0 Å². The second-order valence-electron chi connectivity index (χ2n) is 17.0. The molecule has 14 aromatic rings. The summed E-state index contributed by atoms with van der Waals surface area (Å²) in [7, 11) is 0. The zero-order chi connectivity index (χ0) is 44.2. The average Bonchev–Trinajstić information content (AvgIpc) is 4.19. The molecule has 0 amide bonds. The molecule has 0 radical (unpaired) electrons. The highest BCUT2D eigenvalue weighted by Gasteiger charge is 2.24. The zero-order valence-electron chi connectivity index (χ0n) is 36.2. The molecule has 0 fully saturated rings. The van der Waals surface area contributed by atoms with Gasteiger partial charge >= 0.3 is 0 Å². The van der Waals surface area contributed by atoms with Gasteiger partial charge in [-0.3, -0.25) is 18.1 Å². The summed E-state index contributed by atoms with van der Waals surface area (Å²) in [5.41, 5.74) is 15.3. The standard InChI is InChI=1S/C58H38N8O/c1-38-17-15-32-54-56(38)60-58-65(54)53-34-33-42(36-55(53)66(58)57-59-45-24-7-10-27-48(45)63(57)39-18-3-2-4-19-39)67-41-21-16-20-40(35-41)61-37-62(50-29-12-11-28-49(50)61)51-30-13-14-31-52(51)64-46-25-8-5-22-43(46)44-23-6-9-26-47(44)64/h2-36H,1H3. The van der Waals surface area contributed by atoms with Crippen LogP contribution in [0.3, 0.4) is 0 Å². The summed E-state index contributed by atoms with van der Waals surface area (Å²) in [6.07, 6.45) is 3.76. The highest BCUT2D eigenvalue weighted by atomic mass is 16.5. The van der Waals surface area contributed by atoms with E-state index in [0.29, 0.717) is 11.5 Å². The fraction of sp³-hybridized carbons (Fsp3) is 0.0172. The first kappa shape index (κ1) is 37.2. The van der Waals surface area contributed by atoms with Gasteiger partial charge in [-0.15, -0.1) is 0 Å². The number of imidazole rings is 4. The summed E-state index contributed by atoms with van der Waals surface area (Å²) in [5.74, 6) is 2.89. The number of benzene rings is 9. The van der Waals surface area contributed by atoms with Gasteiger partial charge in [0.25, 0.3) is 6.33 Å². The molecule has 9 nitrogen and oxygen atoms in total. The Balaban J connectivity index is 0.907.